The van der Waals surface area contributed by atoms with E-state index in [2.05, 4.69) is 26.5 Å². The minimum Gasteiger partial charge on any atom is -0.370 e. The van der Waals surface area contributed by atoms with Crippen molar-refractivity contribution < 1.29 is 9.53 Å². The normalized spacial score (nSPS) is 22.5. The topological polar surface area (TPSA) is 100 Å². The first-order valence-electron chi connectivity index (χ1n) is 9.50. The average Bonchev–Trinajstić information content (AvgIpc) is 3.37. The highest BCUT2D eigenvalue weighted by Gasteiger charge is 2.43. The molecule has 0 N–H and O–H groups in total. The number of benzene rings is 1. The minimum absolute atomic E-state index is 0.110. The number of aryl methyl sites for hydroxylation is 1. The minimum atomic E-state index is -0.296. The summed E-state index contributed by atoms with van der Waals surface area (Å²) in [6, 6.07) is 9.90. The number of aromatic nitrogens is 4. The summed E-state index contributed by atoms with van der Waals surface area (Å²) in [6.07, 6.45) is 2.80. The van der Waals surface area contributed by atoms with E-state index in [4.69, 9.17) is 10.00 Å². The SMILES string of the molecule is N#Cc1cccc(CN2CCC3(C2)CN(C(=O)CCn2cnnn2)CCO3)c1. The van der Waals surface area contributed by atoms with Gasteiger partial charge in [-0.25, -0.2) is 4.68 Å². The summed E-state index contributed by atoms with van der Waals surface area (Å²) in [5, 5.41) is 20.0. The molecule has 4 rings (SSSR count). The van der Waals surface area contributed by atoms with Gasteiger partial charge < -0.3 is 9.64 Å². The summed E-state index contributed by atoms with van der Waals surface area (Å²) in [7, 11) is 0. The third kappa shape index (κ3) is 4.18. The second-order valence-corrected chi connectivity index (χ2v) is 7.44. The lowest BCUT2D eigenvalue weighted by Crippen LogP contribution is -2.55. The summed E-state index contributed by atoms with van der Waals surface area (Å²) in [4.78, 5) is 16.9. The van der Waals surface area contributed by atoms with E-state index in [1.54, 1.807) is 4.68 Å². The molecule has 2 saturated heterocycles. The number of rotatable bonds is 5. The Bertz CT molecular complexity index is 863. The molecule has 28 heavy (non-hydrogen) atoms. The number of amides is 1. The fraction of sp³-hybridized carbons (Fsp3) is 0.526. The molecule has 1 unspecified atom stereocenters. The first kappa shape index (κ1) is 18.5. The zero-order valence-electron chi connectivity index (χ0n) is 15.7. The van der Waals surface area contributed by atoms with Crippen LogP contribution in [0, 0.1) is 11.3 Å². The largest absolute Gasteiger partial charge is 0.370 e. The zero-order valence-corrected chi connectivity index (χ0v) is 15.7. The Morgan fingerprint density at radius 3 is 3.07 bits per heavy atom. The highest BCUT2D eigenvalue weighted by atomic mass is 16.5. The predicted octanol–water partition coefficient (Wildman–Crippen LogP) is 0.438. The van der Waals surface area contributed by atoms with Gasteiger partial charge in [0.15, 0.2) is 0 Å². The summed E-state index contributed by atoms with van der Waals surface area (Å²) in [6.45, 7) is 4.79. The van der Waals surface area contributed by atoms with Crippen molar-refractivity contribution in [3.63, 3.8) is 0 Å². The Balaban J connectivity index is 1.33. The molecule has 2 aliphatic rings. The molecule has 1 aromatic heterocycles. The van der Waals surface area contributed by atoms with Crippen molar-refractivity contribution >= 4 is 5.91 Å². The Morgan fingerprint density at radius 1 is 1.32 bits per heavy atom. The van der Waals surface area contributed by atoms with Crippen LogP contribution in [0.25, 0.3) is 0 Å². The standard InChI is InChI=1S/C19H23N7O2/c20-11-16-2-1-3-17(10-16)12-24-7-5-19(13-24)14-25(8-9-28-19)18(27)4-6-26-15-21-22-23-26/h1-3,10,15H,4-9,12-14H2. The molecule has 0 saturated carbocycles. The number of nitrogens with zero attached hydrogens (tertiary/aromatic N) is 7. The van der Waals surface area contributed by atoms with Crippen LogP contribution < -0.4 is 0 Å². The van der Waals surface area contributed by atoms with Gasteiger partial charge in [-0.1, -0.05) is 12.1 Å². The molecule has 0 radical (unpaired) electrons. The van der Waals surface area contributed by atoms with Crippen LogP contribution in [0.2, 0.25) is 0 Å². The number of tetrazole rings is 1. The van der Waals surface area contributed by atoms with Crippen molar-refractivity contribution in [2.24, 2.45) is 0 Å². The van der Waals surface area contributed by atoms with Gasteiger partial charge in [0.1, 0.15) is 6.33 Å². The number of morpholine rings is 1. The van der Waals surface area contributed by atoms with Gasteiger partial charge in [0.2, 0.25) is 5.91 Å². The van der Waals surface area contributed by atoms with Gasteiger partial charge in [-0.2, -0.15) is 5.26 Å². The molecule has 1 amide bonds. The van der Waals surface area contributed by atoms with Crippen molar-refractivity contribution in [3.8, 4) is 6.07 Å². The maximum absolute atomic E-state index is 12.6. The quantitative estimate of drug-likeness (QED) is 0.741. The Hall–Kier alpha value is -2.83. The molecular weight excluding hydrogens is 358 g/mol. The van der Waals surface area contributed by atoms with Crippen LogP contribution in [0.4, 0.5) is 0 Å². The van der Waals surface area contributed by atoms with Gasteiger partial charge in [-0.3, -0.25) is 9.69 Å². The van der Waals surface area contributed by atoms with Crippen molar-refractivity contribution in [2.45, 2.75) is 31.5 Å². The molecule has 9 nitrogen and oxygen atoms in total. The number of ether oxygens (including phenoxy) is 1. The molecule has 0 aliphatic carbocycles. The maximum atomic E-state index is 12.6. The molecule has 3 heterocycles. The van der Waals surface area contributed by atoms with Crippen LogP contribution in [0.1, 0.15) is 24.0 Å². The zero-order chi connectivity index (χ0) is 19.4. The van der Waals surface area contributed by atoms with Crippen molar-refractivity contribution in [2.75, 3.05) is 32.8 Å². The van der Waals surface area contributed by atoms with Gasteiger partial charge in [-0.15, -0.1) is 5.10 Å². The first-order valence-corrected chi connectivity index (χ1v) is 9.50. The molecule has 0 bridgehead atoms. The van der Waals surface area contributed by atoms with Gasteiger partial charge in [0.25, 0.3) is 0 Å². The third-order valence-electron chi connectivity index (χ3n) is 5.41. The smallest absolute Gasteiger partial charge is 0.224 e. The first-order chi connectivity index (χ1) is 13.7. The number of carbonyl (C=O) groups is 1. The summed E-state index contributed by atoms with van der Waals surface area (Å²) in [5.74, 6) is 0.110. The summed E-state index contributed by atoms with van der Waals surface area (Å²) < 4.78 is 7.71. The molecule has 2 aromatic rings. The molecular formula is C19H23N7O2. The number of hydrogen-bond acceptors (Lipinski definition) is 7. The van der Waals surface area contributed by atoms with Gasteiger partial charge in [0.05, 0.1) is 36.9 Å². The maximum Gasteiger partial charge on any atom is 0.224 e. The molecule has 146 valence electrons. The number of likely N-dealkylation sites (tertiary alicyclic amines) is 1. The van der Waals surface area contributed by atoms with Crippen LogP contribution >= 0.6 is 0 Å². The van der Waals surface area contributed by atoms with E-state index < -0.39 is 0 Å². The highest BCUT2D eigenvalue weighted by molar-refractivity contribution is 5.76. The average molecular weight is 381 g/mol. The summed E-state index contributed by atoms with van der Waals surface area (Å²) >= 11 is 0. The van der Waals surface area contributed by atoms with E-state index in [0.717, 1.165) is 31.6 Å². The molecule has 1 atom stereocenters. The van der Waals surface area contributed by atoms with Gasteiger partial charge in [0, 0.05) is 32.6 Å². The fourth-order valence-corrected chi connectivity index (χ4v) is 4.02. The van der Waals surface area contributed by atoms with Crippen molar-refractivity contribution in [1.82, 2.24) is 30.0 Å². The number of carbonyl (C=O) groups excluding carboxylic acids is 1. The number of nitriles is 1. The van der Waals surface area contributed by atoms with E-state index in [0.29, 0.717) is 38.2 Å². The molecule has 9 heteroatoms. The Morgan fingerprint density at radius 2 is 2.25 bits per heavy atom. The fourth-order valence-electron chi connectivity index (χ4n) is 4.02. The third-order valence-corrected chi connectivity index (χ3v) is 5.41. The van der Waals surface area contributed by atoms with Gasteiger partial charge in [-0.05, 0) is 34.5 Å². The second-order valence-electron chi connectivity index (χ2n) is 7.44. The predicted molar refractivity (Wildman–Crippen MR) is 98.7 cm³/mol. The van der Waals surface area contributed by atoms with Crippen LogP contribution in [0.15, 0.2) is 30.6 Å². The van der Waals surface area contributed by atoms with Crippen LogP contribution in [0.3, 0.4) is 0 Å². The van der Waals surface area contributed by atoms with E-state index >= 15 is 0 Å². The van der Waals surface area contributed by atoms with E-state index in [-0.39, 0.29) is 11.5 Å². The van der Waals surface area contributed by atoms with Crippen molar-refractivity contribution in [3.05, 3.63) is 41.7 Å². The molecule has 1 spiro atoms. The lowest BCUT2D eigenvalue weighted by molar-refractivity contribution is -0.149. The van der Waals surface area contributed by atoms with Crippen LogP contribution in [-0.4, -0.2) is 74.3 Å². The lowest BCUT2D eigenvalue weighted by atomic mass is 10.0. The Kier molecular flexibility index (Phi) is 5.32. The van der Waals surface area contributed by atoms with E-state index in [9.17, 15) is 4.79 Å². The van der Waals surface area contributed by atoms with Crippen molar-refractivity contribution in [1.29, 1.82) is 5.26 Å². The monoisotopic (exact) mass is 381 g/mol. The second kappa shape index (κ2) is 8.04. The molecule has 2 aliphatic heterocycles. The lowest BCUT2D eigenvalue weighted by Gasteiger charge is -2.40. The van der Waals surface area contributed by atoms with Gasteiger partial charge >= 0.3 is 0 Å². The van der Waals surface area contributed by atoms with Crippen LogP contribution in [-0.2, 0) is 22.6 Å². The number of hydrogen-bond donors (Lipinski definition) is 0. The highest BCUT2D eigenvalue weighted by Crippen LogP contribution is 2.30. The Labute approximate surface area is 163 Å². The molecule has 2 fully saturated rings. The van der Waals surface area contributed by atoms with E-state index in [1.165, 1.54) is 6.33 Å². The molecule has 1 aromatic carbocycles. The van der Waals surface area contributed by atoms with Crippen LogP contribution in [0.5, 0.6) is 0 Å². The summed E-state index contributed by atoms with van der Waals surface area (Å²) in [5.41, 5.74) is 1.51. The van der Waals surface area contributed by atoms with E-state index in [1.807, 2.05) is 29.2 Å².